The summed E-state index contributed by atoms with van der Waals surface area (Å²) in [5, 5.41) is 2.84. The van der Waals surface area contributed by atoms with Gasteiger partial charge in [0.2, 0.25) is 11.7 Å². The summed E-state index contributed by atoms with van der Waals surface area (Å²) in [6, 6.07) is 7.68. The Kier molecular flexibility index (Phi) is 4.64. The first-order chi connectivity index (χ1) is 11.6. The summed E-state index contributed by atoms with van der Waals surface area (Å²) in [6.07, 6.45) is 2.19. The Bertz CT molecular complexity index is 749. The summed E-state index contributed by atoms with van der Waals surface area (Å²) in [5.74, 6) is 0.741. The molecule has 1 fully saturated rings. The van der Waals surface area contributed by atoms with Gasteiger partial charge in [0.05, 0.1) is 5.69 Å². The lowest BCUT2D eigenvalue weighted by Gasteiger charge is -2.16. The van der Waals surface area contributed by atoms with Gasteiger partial charge in [0.1, 0.15) is 0 Å². The molecule has 1 aromatic carbocycles. The third-order valence-corrected chi connectivity index (χ3v) is 4.12. The van der Waals surface area contributed by atoms with Crippen molar-refractivity contribution >= 4 is 17.5 Å². The van der Waals surface area contributed by atoms with E-state index in [-0.39, 0.29) is 17.6 Å². The molecule has 0 atom stereocenters. The Morgan fingerprint density at radius 2 is 2.08 bits per heavy atom. The van der Waals surface area contributed by atoms with Crippen molar-refractivity contribution in [2.45, 2.75) is 39.7 Å². The van der Waals surface area contributed by atoms with E-state index in [9.17, 15) is 9.59 Å². The summed E-state index contributed by atoms with van der Waals surface area (Å²) in [7, 11) is 0. The van der Waals surface area contributed by atoms with Gasteiger partial charge in [-0.15, -0.1) is 0 Å². The predicted molar refractivity (Wildman–Crippen MR) is 89.8 cm³/mol. The maximum absolute atomic E-state index is 12.2. The number of carbonyl (C=O) groups is 2. The molecule has 1 aromatic heterocycles. The highest BCUT2D eigenvalue weighted by Crippen LogP contribution is 2.21. The summed E-state index contributed by atoms with van der Waals surface area (Å²) < 4.78 is 5.44. The molecule has 0 unspecified atom stereocenters. The Hall–Kier alpha value is -2.63. The number of amides is 2. The van der Waals surface area contributed by atoms with Crippen LogP contribution in [0.4, 0.5) is 5.69 Å². The zero-order chi connectivity index (χ0) is 17.1. The second kappa shape index (κ2) is 6.86. The largest absolute Gasteiger partial charge is 0.435 e. The Balaban J connectivity index is 1.61. The summed E-state index contributed by atoms with van der Waals surface area (Å²) >= 11 is 0. The van der Waals surface area contributed by atoms with Crippen LogP contribution in [0.15, 0.2) is 28.7 Å². The molecule has 0 saturated carbocycles. The normalized spacial score (nSPS) is 14.2. The summed E-state index contributed by atoms with van der Waals surface area (Å²) in [4.78, 5) is 29.9. The zero-order valence-corrected chi connectivity index (χ0v) is 14.0. The number of oxazole rings is 1. The van der Waals surface area contributed by atoms with Crippen molar-refractivity contribution in [1.29, 1.82) is 0 Å². The van der Waals surface area contributed by atoms with Gasteiger partial charge in [0.15, 0.2) is 5.89 Å². The van der Waals surface area contributed by atoms with Crippen LogP contribution in [-0.2, 0) is 17.8 Å². The van der Waals surface area contributed by atoms with Crippen LogP contribution in [0, 0.1) is 6.92 Å². The van der Waals surface area contributed by atoms with E-state index in [1.165, 1.54) is 0 Å². The fraction of sp³-hybridized carbons (Fsp3) is 0.389. The highest BCUT2D eigenvalue weighted by molar-refractivity contribution is 5.95. The Labute approximate surface area is 140 Å². The van der Waals surface area contributed by atoms with Crippen LogP contribution in [0.3, 0.4) is 0 Å². The van der Waals surface area contributed by atoms with Crippen LogP contribution in [-0.4, -0.2) is 23.3 Å². The van der Waals surface area contributed by atoms with Crippen molar-refractivity contribution in [2.24, 2.45) is 0 Å². The van der Waals surface area contributed by atoms with Gasteiger partial charge in [-0.1, -0.05) is 19.1 Å². The zero-order valence-electron chi connectivity index (χ0n) is 14.0. The fourth-order valence-electron chi connectivity index (χ4n) is 2.79. The number of hydrogen-bond donors (Lipinski definition) is 1. The number of carbonyl (C=O) groups excluding carboxylic acids is 2. The van der Waals surface area contributed by atoms with Gasteiger partial charge >= 0.3 is 0 Å². The lowest BCUT2D eigenvalue weighted by molar-refractivity contribution is -0.117. The molecule has 0 bridgehead atoms. The second-order valence-corrected chi connectivity index (χ2v) is 5.87. The minimum atomic E-state index is -0.265. The van der Waals surface area contributed by atoms with Crippen LogP contribution in [0.25, 0.3) is 0 Å². The minimum Gasteiger partial charge on any atom is -0.435 e. The molecule has 0 spiro atoms. The van der Waals surface area contributed by atoms with E-state index in [4.69, 9.17) is 4.42 Å². The number of hydrogen-bond acceptors (Lipinski definition) is 4. The minimum absolute atomic E-state index is 0.170. The van der Waals surface area contributed by atoms with Crippen molar-refractivity contribution in [3.05, 3.63) is 47.2 Å². The standard InChI is InChI=1S/C18H21N3O3/c1-3-15-20-12(2)17(24-15)18(23)19-11-13-6-8-14(9-7-13)21-10-4-5-16(21)22/h6-9H,3-5,10-11H2,1-2H3,(H,19,23). The molecule has 1 aliphatic heterocycles. The molecule has 24 heavy (non-hydrogen) atoms. The molecule has 3 rings (SSSR count). The van der Waals surface area contributed by atoms with Crippen LogP contribution >= 0.6 is 0 Å². The van der Waals surface area contributed by atoms with Gasteiger partial charge in [-0.3, -0.25) is 9.59 Å². The molecular weight excluding hydrogens is 306 g/mol. The molecule has 1 N–H and O–H groups in total. The second-order valence-electron chi connectivity index (χ2n) is 5.87. The molecule has 1 saturated heterocycles. The van der Waals surface area contributed by atoms with E-state index in [0.29, 0.717) is 31.0 Å². The van der Waals surface area contributed by atoms with Gasteiger partial charge in [-0.05, 0) is 31.0 Å². The SMILES string of the molecule is CCc1nc(C)c(C(=O)NCc2ccc(N3CCCC3=O)cc2)o1. The number of aryl methyl sites for hydroxylation is 2. The van der Waals surface area contributed by atoms with Crippen LogP contribution in [0.1, 0.15) is 47.5 Å². The third-order valence-electron chi connectivity index (χ3n) is 4.12. The summed E-state index contributed by atoms with van der Waals surface area (Å²) in [5.41, 5.74) is 2.48. The van der Waals surface area contributed by atoms with Crippen molar-refractivity contribution < 1.29 is 14.0 Å². The first-order valence-corrected chi connectivity index (χ1v) is 8.22. The van der Waals surface area contributed by atoms with Crippen LogP contribution in [0.2, 0.25) is 0 Å². The van der Waals surface area contributed by atoms with Crippen molar-refractivity contribution in [1.82, 2.24) is 10.3 Å². The number of benzene rings is 1. The molecule has 6 heteroatoms. The van der Waals surface area contributed by atoms with E-state index >= 15 is 0 Å². The molecular formula is C18H21N3O3. The smallest absolute Gasteiger partial charge is 0.289 e. The number of anilines is 1. The van der Waals surface area contributed by atoms with E-state index in [1.807, 2.05) is 31.2 Å². The maximum Gasteiger partial charge on any atom is 0.289 e. The van der Waals surface area contributed by atoms with Crippen molar-refractivity contribution in [3.63, 3.8) is 0 Å². The quantitative estimate of drug-likeness (QED) is 0.916. The predicted octanol–water partition coefficient (Wildman–Crippen LogP) is 2.60. The highest BCUT2D eigenvalue weighted by Gasteiger charge is 2.21. The molecule has 6 nitrogen and oxygen atoms in total. The molecule has 126 valence electrons. The summed E-state index contributed by atoms with van der Waals surface area (Å²) in [6.45, 7) is 4.87. The first-order valence-electron chi connectivity index (χ1n) is 8.22. The molecule has 0 aliphatic carbocycles. The van der Waals surface area contributed by atoms with Gasteiger partial charge < -0.3 is 14.6 Å². The third kappa shape index (κ3) is 3.32. The van der Waals surface area contributed by atoms with E-state index in [2.05, 4.69) is 10.3 Å². The average Bonchev–Trinajstić information content (AvgIpc) is 3.18. The number of aromatic nitrogens is 1. The van der Waals surface area contributed by atoms with Crippen molar-refractivity contribution in [3.8, 4) is 0 Å². The van der Waals surface area contributed by atoms with Gasteiger partial charge in [-0.2, -0.15) is 0 Å². The number of nitrogens with zero attached hydrogens (tertiary/aromatic N) is 2. The molecule has 2 aromatic rings. The molecule has 0 radical (unpaired) electrons. The van der Waals surface area contributed by atoms with Gasteiger partial charge in [-0.25, -0.2) is 4.98 Å². The van der Waals surface area contributed by atoms with E-state index in [0.717, 1.165) is 24.2 Å². The van der Waals surface area contributed by atoms with Crippen molar-refractivity contribution in [2.75, 3.05) is 11.4 Å². The van der Waals surface area contributed by atoms with E-state index < -0.39 is 0 Å². The van der Waals surface area contributed by atoms with Crippen LogP contribution < -0.4 is 10.2 Å². The molecule has 2 heterocycles. The molecule has 1 aliphatic rings. The van der Waals surface area contributed by atoms with E-state index in [1.54, 1.807) is 11.8 Å². The Morgan fingerprint density at radius 3 is 2.67 bits per heavy atom. The lowest BCUT2D eigenvalue weighted by Crippen LogP contribution is -2.24. The number of rotatable bonds is 5. The average molecular weight is 327 g/mol. The van der Waals surface area contributed by atoms with Gasteiger partial charge in [0.25, 0.3) is 5.91 Å². The Morgan fingerprint density at radius 1 is 1.33 bits per heavy atom. The van der Waals surface area contributed by atoms with Crippen LogP contribution in [0.5, 0.6) is 0 Å². The number of nitrogens with one attached hydrogen (secondary N) is 1. The first kappa shape index (κ1) is 16.2. The maximum atomic E-state index is 12.2. The monoisotopic (exact) mass is 327 g/mol. The molecule has 2 amide bonds. The van der Waals surface area contributed by atoms with Gasteiger partial charge in [0, 0.05) is 31.6 Å². The topological polar surface area (TPSA) is 75.4 Å². The highest BCUT2D eigenvalue weighted by atomic mass is 16.4. The lowest BCUT2D eigenvalue weighted by atomic mass is 10.2. The fourth-order valence-corrected chi connectivity index (χ4v) is 2.79.